The zero-order valence-corrected chi connectivity index (χ0v) is 15.0. The predicted molar refractivity (Wildman–Crippen MR) is 94.9 cm³/mol. The van der Waals surface area contributed by atoms with Crippen molar-refractivity contribution in [3.8, 4) is 0 Å². The lowest BCUT2D eigenvalue weighted by atomic mass is 10.2. The SMILES string of the molecule is CCSC1CCCCN(C(=O)c2cc(SC)ccc2Cl)C1. The van der Waals surface area contributed by atoms with E-state index in [1.165, 1.54) is 12.8 Å². The van der Waals surface area contributed by atoms with Gasteiger partial charge in [-0.2, -0.15) is 11.8 Å². The van der Waals surface area contributed by atoms with Crippen LogP contribution >= 0.6 is 35.1 Å². The first-order valence-corrected chi connectivity index (χ1v) is 10.0. The fourth-order valence-corrected chi connectivity index (χ4v) is 4.35. The Hall–Kier alpha value is -0.320. The summed E-state index contributed by atoms with van der Waals surface area (Å²) in [6.45, 7) is 3.87. The van der Waals surface area contributed by atoms with Gasteiger partial charge in [-0.05, 0) is 43.0 Å². The van der Waals surface area contributed by atoms with E-state index >= 15 is 0 Å². The van der Waals surface area contributed by atoms with Crippen molar-refractivity contribution in [1.82, 2.24) is 4.90 Å². The van der Waals surface area contributed by atoms with Crippen LogP contribution in [0.2, 0.25) is 5.02 Å². The minimum Gasteiger partial charge on any atom is -0.337 e. The number of halogens is 1. The molecule has 1 heterocycles. The summed E-state index contributed by atoms with van der Waals surface area (Å²) in [5, 5.41) is 1.12. The lowest BCUT2D eigenvalue weighted by Gasteiger charge is -2.24. The van der Waals surface area contributed by atoms with Crippen LogP contribution < -0.4 is 0 Å². The highest BCUT2D eigenvalue weighted by Crippen LogP contribution is 2.27. The second kappa shape index (κ2) is 8.35. The molecule has 1 aliphatic rings. The summed E-state index contributed by atoms with van der Waals surface area (Å²) in [4.78, 5) is 15.9. The Balaban J connectivity index is 2.17. The quantitative estimate of drug-likeness (QED) is 0.732. The van der Waals surface area contributed by atoms with Crippen LogP contribution in [0.3, 0.4) is 0 Å². The molecule has 1 atom stereocenters. The van der Waals surface area contributed by atoms with E-state index in [9.17, 15) is 4.79 Å². The molecule has 1 fully saturated rings. The number of likely N-dealkylation sites (tertiary alicyclic amines) is 1. The number of amides is 1. The standard InChI is InChI=1S/C16H22ClNOS2/c1-3-21-13-6-4-5-9-18(11-13)16(19)14-10-12(20-2)7-8-15(14)17/h7-8,10,13H,3-6,9,11H2,1-2H3. The smallest absolute Gasteiger partial charge is 0.255 e. The van der Waals surface area contributed by atoms with Crippen LogP contribution in [0.25, 0.3) is 0 Å². The monoisotopic (exact) mass is 343 g/mol. The van der Waals surface area contributed by atoms with Crippen molar-refractivity contribution >= 4 is 41.0 Å². The molecule has 116 valence electrons. The maximum Gasteiger partial charge on any atom is 0.255 e. The Morgan fingerprint density at radius 1 is 1.43 bits per heavy atom. The predicted octanol–water partition coefficient (Wildman–Crippen LogP) is 4.81. The van der Waals surface area contributed by atoms with Gasteiger partial charge in [0.15, 0.2) is 0 Å². The van der Waals surface area contributed by atoms with Crippen molar-refractivity contribution < 1.29 is 4.79 Å². The van der Waals surface area contributed by atoms with Crippen molar-refractivity contribution in [2.75, 3.05) is 25.1 Å². The number of hydrogen-bond donors (Lipinski definition) is 0. The first kappa shape index (κ1) is 17.0. The summed E-state index contributed by atoms with van der Waals surface area (Å²) in [5.41, 5.74) is 0.644. The third-order valence-corrected chi connectivity index (χ3v) is 5.97. The average Bonchev–Trinajstić information content (AvgIpc) is 2.73. The van der Waals surface area contributed by atoms with Crippen LogP contribution in [-0.2, 0) is 0 Å². The van der Waals surface area contributed by atoms with Gasteiger partial charge in [0.1, 0.15) is 0 Å². The Bertz CT molecular complexity index is 495. The minimum absolute atomic E-state index is 0.0829. The number of carbonyl (C=O) groups is 1. The van der Waals surface area contributed by atoms with Gasteiger partial charge in [-0.1, -0.05) is 24.9 Å². The lowest BCUT2D eigenvalue weighted by Crippen LogP contribution is -2.35. The van der Waals surface area contributed by atoms with Crippen LogP contribution in [0.4, 0.5) is 0 Å². The van der Waals surface area contributed by atoms with Gasteiger partial charge in [-0.15, -0.1) is 11.8 Å². The second-order valence-electron chi connectivity index (χ2n) is 5.17. The highest BCUT2D eigenvalue weighted by Gasteiger charge is 2.24. The summed E-state index contributed by atoms with van der Waals surface area (Å²) in [6.07, 6.45) is 5.52. The number of hydrogen-bond acceptors (Lipinski definition) is 3. The van der Waals surface area contributed by atoms with Gasteiger partial charge < -0.3 is 4.90 Å². The van der Waals surface area contributed by atoms with Crippen LogP contribution in [0.15, 0.2) is 23.1 Å². The lowest BCUT2D eigenvalue weighted by molar-refractivity contribution is 0.0763. The normalized spacial score (nSPS) is 19.4. The van der Waals surface area contributed by atoms with Gasteiger partial charge >= 0.3 is 0 Å². The molecule has 1 saturated heterocycles. The molecule has 0 N–H and O–H groups in total. The van der Waals surface area contributed by atoms with E-state index in [2.05, 4.69) is 6.92 Å². The van der Waals surface area contributed by atoms with Crippen LogP contribution in [0.5, 0.6) is 0 Å². The number of nitrogens with zero attached hydrogens (tertiary/aromatic N) is 1. The van der Waals surface area contributed by atoms with Crippen molar-refractivity contribution in [2.45, 2.75) is 36.3 Å². The largest absolute Gasteiger partial charge is 0.337 e. The van der Waals surface area contributed by atoms with Crippen LogP contribution in [0.1, 0.15) is 36.5 Å². The molecule has 1 aliphatic heterocycles. The summed E-state index contributed by atoms with van der Waals surface area (Å²) in [7, 11) is 0. The first-order valence-electron chi connectivity index (χ1n) is 7.40. The molecule has 1 aromatic rings. The van der Waals surface area contributed by atoms with E-state index in [0.29, 0.717) is 15.8 Å². The molecule has 0 saturated carbocycles. The summed E-state index contributed by atoms with van der Waals surface area (Å²) in [6, 6.07) is 5.71. The topological polar surface area (TPSA) is 20.3 Å². The highest BCUT2D eigenvalue weighted by molar-refractivity contribution is 7.99. The third kappa shape index (κ3) is 4.57. The Morgan fingerprint density at radius 3 is 2.95 bits per heavy atom. The molecule has 0 spiro atoms. The number of carbonyl (C=O) groups excluding carboxylic acids is 1. The van der Waals surface area contributed by atoms with Gasteiger partial charge in [-0.3, -0.25) is 4.79 Å². The average molecular weight is 344 g/mol. The zero-order valence-electron chi connectivity index (χ0n) is 12.6. The van der Waals surface area contributed by atoms with Gasteiger partial charge in [0.05, 0.1) is 10.6 Å². The molecule has 21 heavy (non-hydrogen) atoms. The Labute approximate surface area is 141 Å². The van der Waals surface area contributed by atoms with Gasteiger partial charge in [0.25, 0.3) is 5.91 Å². The molecule has 0 aliphatic carbocycles. The molecular weight excluding hydrogens is 322 g/mol. The van der Waals surface area contributed by atoms with Gasteiger partial charge in [0, 0.05) is 23.2 Å². The number of thioether (sulfide) groups is 2. The Morgan fingerprint density at radius 2 is 2.24 bits per heavy atom. The molecule has 0 bridgehead atoms. The molecule has 0 aromatic heterocycles. The first-order chi connectivity index (χ1) is 10.2. The van der Waals surface area contributed by atoms with Gasteiger partial charge in [0.2, 0.25) is 0 Å². The highest BCUT2D eigenvalue weighted by atomic mass is 35.5. The van der Waals surface area contributed by atoms with Crippen molar-refractivity contribution in [3.05, 3.63) is 28.8 Å². The summed E-state index contributed by atoms with van der Waals surface area (Å²) < 4.78 is 0. The molecule has 1 amide bonds. The molecule has 1 aromatic carbocycles. The molecule has 2 nitrogen and oxygen atoms in total. The summed E-state index contributed by atoms with van der Waals surface area (Å²) in [5.74, 6) is 1.19. The van der Waals surface area contributed by atoms with Gasteiger partial charge in [-0.25, -0.2) is 0 Å². The van der Waals surface area contributed by atoms with E-state index in [1.807, 2.05) is 41.1 Å². The molecule has 2 rings (SSSR count). The maximum absolute atomic E-state index is 12.8. The molecule has 1 unspecified atom stereocenters. The number of benzene rings is 1. The summed E-state index contributed by atoms with van der Waals surface area (Å²) >= 11 is 9.84. The Kier molecular flexibility index (Phi) is 6.77. The van der Waals surface area contributed by atoms with E-state index in [1.54, 1.807) is 11.8 Å². The van der Waals surface area contributed by atoms with E-state index in [0.717, 1.165) is 30.2 Å². The fourth-order valence-electron chi connectivity index (χ4n) is 2.62. The minimum atomic E-state index is 0.0829. The van der Waals surface area contributed by atoms with E-state index < -0.39 is 0 Å². The second-order valence-corrected chi connectivity index (χ2v) is 8.03. The van der Waals surface area contributed by atoms with Crippen LogP contribution in [-0.4, -0.2) is 41.2 Å². The fraction of sp³-hybridized carbons (Fsp3) is 0.562. The molecule has 5 heteroatoms. The van der Waals surface area contributed by atoms with Crippen molar-refractivity contribution in [1.29, 1.82) is 0 Å². The van der Waals surface area contributed by atoms with E-state index in [-0.39, 0.29) is 5.91 Å². The third-order valence-electron chi connectivity index (χ3n) is 3.72. The number of rotatable bonds is 4. The van der Waals surface area contributed by atoms with Crippen molar-refractivity contribution in [2.24, 2.45) is 0 Å². The zero-order chi connectivity index (χ0) is 15.2. The van der Waals surface area contributed by atoms with Crippen LogP contribution in [0, 0.1) is 0 Å². The van der Waals surface area contributed by atoms with Crippen molar-refractivity contribution in [3.63, 3.8) is 0 Å². The molecule has 0 radical (unpaired) electrons. The molecular formula is C16H22ClNOS2. The maximum atomic E-state index is 12.8. The van der Waals surface area contributed by atoms with E-state index in [4.69, 9.17) is 11.6 Å².